The molecular weight excluding hydrogens is 875 g/mol. The molecule has 0 saturated heterocycles. The van der Waals surface area contributed by atoms with Gasteiger partial charge in [0.2, 0.25) is 11.6 Å². The minimum Gasteiger partial charge on any atom is -0.374 e. The SMILES string of the molecule is CCN(C)c1ccccc1-c1c2nc(c(-c3c(F)c(F)c(F)c(F)c3F)c3ccc([nH]3)c(-c3ccccc3N(C)CC)c3nc(c(-c4c(F)c(F)c(F)c(F)c4F)c4ccc1[nH]4)C=C3)C=C2. The van der Waals surface area contributed by atoms with E-state index in [4.69, 9.17) is 9.97 Å². The van der Waals surface area contributed by atoms with Gasteiger partial charge >= 0.3 is 0 Å². The van der Waals surface area contributed by atoms with Gasteiger partial charge in [0, 0.05) is 94.0 Å². The summed E-state index contributed by atoms with van der Waals surface area (Å²) in [6.45, 7) is 4.76. The van der Waals surface area contributed by atoms with Crippen molar-refractivity contribution in [1.82, 2.24) is 19.9 Å². The highest BCUT2D eigenvalue weighted by Crippen LogP contribution is 2.44. The number of hydrogen-bond acceptors (Lipinski definition) is 4. The number of nitrogens with zero attached hydrogens (tertiary/aromatic N) is 4. The highest BCUT2D eigenvalue weighted by molar-refractivity contribution is 6.02. The molecule has 8 bridgehead atoms. The van der Waals surface area contributed by atoms with Crippen molar-refractivity contribution < 1.29 is 43.9 Å². The first kappa shape index (κ1) is 43.6. The van der Waals surface area contributed by atoms with Crippen LogP contribution in [-0.2, 0) is 0 Å². The fourth-order valence-electron chi connectivity index (χ4n) is 8.32. The molecule has 0 fully saturated rings. The van der Waals surface area contributed by atoms with Gasteiger partial charge in [-0.15, -0.1) is 0 Å². The second-order valence-corrected chi connectivity index (χ2v) is 15.5. The van der Waals surface area contributed by atoms with Crippen LogP contribution in [0.3, 0.4) is 0 Å². The van der Waals surface area contributed by atoms with Crippen LogP contribution in [0.15, 0.2) is 72.8 Å². The smallest absolute Gasteiger partial charge is 0.200 e. The second-order valence-electron chi connectivity index (χ2n) is 15.5. The lowest BCUT2D eigenvalue weighted by atomic mass is 10.0. The molecule has 0 spiro atoms. The standard InChI is InChI=1S/C50H34F10N6/c1-5-65(3)33-13-9-7-11-23(33)35-25-15-19-29(61-25)37(39-41(51)45(55)49(59)46(56)42(39)52)31-21-17-27(63-31)36(24-12-8-10-14-34(24)66(4)6-2)28-18-22-32(64-28)38(30-20-16-26(35)62-30)40-43(53)47(57)50(60)48(58)44(40)54/h7-22,61,64H,5-6H2,1-4H3. The number of halogens is 10. The third-order valence-corrected chi connectivity index (χ3v) is 11.8. The van der Waals surface area contributed by atoms with E-state index in [-0.39, 0.29) is 56.0 Å². The Morgan fingerprint density at radius 1 is 0.364 bits per heavy atom. The normalized spacial score (nSPS) is 12.1. The van der Waals surface area contributed by atoms with Gasteiger partial charge in [-0.3, -0.25) is 0 Å². The van der Waals surface area contributed by atoms with Gasteiger partial charge in [0.15, 0.2) is 46.5 Å². The van der Waals surface area contributed by atoms with Crippen LogP contribution < -0.4 is 9.80 Å². The second kappa shape index (κ2) is 16.7. The fraction of sp³-hybridized carbons (Fsp3) is 0.120. The Bertz CT molecular complexity index is 3120. The third kappa shape index (κ3) is 6.89. The molecule has 4 aromatic carbocycles. The molecule has 2 aliphatic rings. The van der Waals surface area contributed by atoms with Gasteiger partial charge in [0.25, 0.3) is 0 Å². The van der Waals surface area contributed by atoms with E-state index in [1.165, 1.54) is 48.6 Å². The molecule has 2 N–H and O–H groups in total. The van der Waals surface area contributed by atoms with Gasteiger partial charge in [-0.2, -0.15) is 0 Å². The largest absolute Gasteiger partial charge is 0.374 e. The van der Waals surface area contributed by atoms with E-state index in [1.807, 2.05) is 23.6 Å². The van der Waals surface area contributed by atoms with Crippen molar-refractivity contribution in [3.8, 4) is 44.5 Å². The lowest BCUT2D eigenvalue weighted by Crippen LogP contribution is -2.16. The Morgan fingerprint density at radius 3 is 0.955 bits per heavy atom. The van der Waals surface area contributed by atoms with Crippen LogP contribution >= 0.6 is 0 Å². The molecule has 2 aliphatic heterocycles. The van der Waals surface area contributed by atoms with E-state index in [0.29, 0.717) is 35.6 Å². The van der Waals surface area contributed by atoms with E-state index >= 15 is 35.1 Å². The quantitative estimate of drug-likeness (QED) is 0.0906. The Morgan fingerprint density at radius 2 is 0.636 bits per heavy atom. The van der Waals surface area contributed by atoms with Gasteiger partial charge in [0.05, 0.1) is 33.9 Å². The number of anilines is 2. The van der Waals surface area contributed by atoms with Crippen molar-refractivity contribution in [3.63, 3.8) is 0 Å². The van der Waals surface area contributed by atoms with Gasteiger partial charge in [-0.25, -0.2) is 53.9 Å². The summed E-state index contributed by atoms with van der Waals surface area (Å²) in [4.78, 5) is 19.6. The average molecular weight is 909 g/mol. The Balaban J connectivity index is 1.56. The summed E-state index contributed by atoms with van der Waals surface area (Å²) in [5, 5.41) is 0. The van der Waals surface area contributed by atoms with Crippen molar-refractivity contribution >= 4 is 57.7 Å². The third-order valence-electron chi connectivity index (χ3n) is 11.8. The molecule has 0 saturated carbocycles. The van der Waals surface area contributed by atoms with E-state index in [2.05, 4.69) is 9.97 Å². The average Bonchev–Trinajstić information content (AvgIpc) is 4.19. The first-order chi connectivity index (χ1) is 31.7. The molecule has 3 aromatic heterocycles. The number of nitrogens with one attached hydrogen (secondary N) is 2. The molecule has 334 valence electrons. The number of fused-ring (bicyclic) bond motifs is 8. The van der Waals surface area contributed by atoms with Crippen LogP contribution in [0.5, 0.6) is 0 Å². The highest BCUT2D eigenvalue weighted by atomic mass is 19.2. The molecule has 0 radical (unpaired) electrons. The summed E-state index contributed by atoms with van der Waals surface area (Å²) in [7, 11) is 3.60. The maximum atomic E-state index is 16.1. The monoisotopic (exact) mass is 908 g/mol. The maximum Gasteiger partial charge on any atom is 0.200 e. The minimum atomic E-state index is -2.35. The zero-order valence-electron chi connectivity index (χ0n) is 35.2. The van der Waals surface area contributed by atoms with Gasteiger partial charge in [0.1, 0.15) is 0 Å². The number of hydrogen-bond donors (Lipinski definition) is 2. The van der Waals surface area contributed by atoms with Gasteiger partial charge < -0.3 is 19.8 Å². The topological polar surface area (TPSA) is 63.8 Å². The predicted octanol–water partition coefficient (Wildman–Crippen LogP) is 13.6. The number of aromatic nitrogens is 4. The van der Waals surface area contributed by atoms with E-state index in [9.17, 15) is 8.78 Å². The zero-order chi connectivity index (χ0) is 46.9. The summed E-state index contributed by atoms with van der Waals surface area (Å²) in [6.07, 6.45) is 5.58. The van der Waals surface area contributed by atoms with Crippen LogP contribution in [0.25, 0.3) is 90.9 Å². The van der Waals surface area contributed by atoms with Crippen molar-refractivity contribution in [2.75, 3.05) is 37.0 Å². The van der Waals surface area contributed by atoms with Crippen LogP contribution in [-0.4, -0.2) is 47.1 Å². The summed E-state index contributed by atoms with van der Waals surface area (Å²) in [5.41, 5.74) is -0.942. The summed E-state index contributed by atoms with van der Waals surface area (Å²) in [5.74, 6) is -21.9. The molecule has 16 heteroatoms. The van der Waals surface area contributed by atoms with Crippen LogP contribution in [0, 0.1) is 58.2 Å². The molecule has 0 amide bonds. The summed E-state index contributed by atoms with van der Waals surface area (Å²) >= 11 is 0. The molecule has 0 aliphatic carbocycles. The van der Waals surface area contributed by atoms with E-state index in [0.717, 1.165) is 0 Å². The molecule has 6 nitrogen and oxygen atoms in total. The van der Waals surface area contributed by atoms with E-state index < -0.39 is 80.4 Å². The van der Waals surface area contributed by atoms with Crippen molar-refractivity contribution in [3.05, 3.63) is 154 Å². The predicted molar refractivity (Wildman–Crippen MR) is 238 cm³/mol. The Kier molecular flexibility index (Phi) is 11.1. The lowest BCUT2D eigenvalue weighted by molar-refractivity contribution is 0.381. The minimum absolute atomic E-state index is 0.0888. The number of aromatic amines is 2. The van der Waals surface area contributed by atoms with Crippen LogP contribution in [0.2, 0.25) is 0 Å². The molecule has 7 aromatic rings. The zero-order valence-corrected chi connectivity index (χ0v) is 35.2. The molecular formula is C50H34F10N6. The Labute approximate surface area is 369 Å². The van der Waals surface area contributed by atoms with Crippen LogP contribution in [0.1, 0.15) is 36.6 Å². The highest BCUT2D eigenvalue weighted by Gasteiger charge is 2.32. The molecule has 0 unspecified atom stereocenters. The number of rotatable bonds is 8. The summed E-state index contributed by atoms with van der Waals surface area (Å²) < 4.78 is 154. The number of H-pyrrole nitrogens is 2. The van der Waals surface area contributed by atoms with Gasteiger partial charge in [-0.05, 0) is 74.5 Å². The van der Waals surface area contributed by atoms with Crippen LogP contribution in [0.4, 0.5) is 55.3 Å². The summed E-state index contributed by atoms with van der Waals surface area (Å²) in [6, 6.07) is 19.7. The lowest BCUT2D eigenvalue weighted by Gasteiger charge is -2.21. The number of para-hydroxylation sites is 2. The molecule has 66 heavy (non-hydrogen) atoms. The molecule has 0 atom stereocenters. The first-order valence-corrected chi connectivity index (χ1v) is 20.5. The molecule has 9 rings (SSSR count). The molecule has 5 heterocycles. The maximum absolute atomic E-state index is 16.1. The first-order valence-electron chi connectivity index (χ1n) is 20.5. The van der Waals surface area contributed by atoms with Crippen molar-refractivity contribution in [1.29, 1.82) is 0 Å². The Hall–Kier alpha value is -7.62. The van der Waals surface area contributed by atoms with Crippen molar-refractivity contribution in [2.45, 2.75) is 13.8 Å². The number of benzene rings is 4. The fourth-order valence-corrected chi connectivity index (χ4v) is 8.32. The van der Waals surface area contributed by atoms with Crippen molar-refractivity contribution in [2.24, 2.45) is 0 Å². The van der Waals surface area contributed by atoms with Gasteiger partial charge in [-0.1, -0.05) is 36.4 Å². The van der Waals surface area contributed by atoms with E-state index in [1.54, 1.807) is 62.6 Å².